The number of halogens is 2. The molecule has 1 saturated heterocycles. The Hall–Kier alpha value is -2.02. The van der Waals surface area contributed by atoms with Crippen molar-refractivity contribution in [1.29, 1.82) is 0 Å². The third-order valence-electron chi connectivity index (χ3n) is 4.61. The lowest BCUT2D eigenvalue weighted by atomic mass is 10.0. The van der Waals surface area contributed by atoms with Crippen LogP contribution in [-0.4, -0.2) is 32.4 Å². The zero-order valence-corrected chi connectivity index (χ0v) is 15.3. The van der Waals surface area contributed by atoms with Gasteiger partial charge in [-0.25, -0.2) is 4.68 Å². The number of fused-ring (bicyclic) bond motifs is 1. The van der Waals surface area contributed by atoms with Crippen LogP contribution < -0.4 is 0 Å². The minimum atomic E-state index is -0.928. The molecule has 1 aromatic carbocycles. The Bertz CT molecular complexity index is 974. The molecule has 1 aliphatic rings. The quantitative estimate of drug-likeness (QED) is 0.674. The number of aromatic amines is 1. The predicted octanol–water partition coefficient (Wildman–Crippen LogP) is 4.66. The average Bonchev–Trinajstić information content (AvgIpc) is 3.23. The lowest BCUT2D eigenvalue weighted by Crippen LogP contribution is -2.18. The molecule has 8 heteroatoms. The van der Waals surface area contributed by atoms with E-state index in [1.807, 2.05) is 12.3 Å². The first-order valence-electron chi connectivity index (χ1n) is 8.41. The summed E-state index contributed by atoms with van der Waals surface area (Å²) < 4.78 is 7.57. The van der Waals surface area contributed by atoms with Gasteiger partial charge in [-0.1, -0.05) is 29.3 Å². The van der Waals surface area contributed by atoms with E-state index >= 15 is 0 Å². The number of ether oxygens (including phenoxy) is 1. The van der Waals surface area contributed by atoms with E-state index in [2.05, 4.69) is 10.1 Å². The molecule has 4 rings (SSSR count). The second-order valence-electron chi connectivity index (χ2n) is 6.36. The summed E-state index contributed by atoms with van der Waals surface area (Å²) in [5, 5.41) is 15.3. The van der Waals surface area contributed by atoms with Crippen LogP contribution >= 0.6 is 23.2 Å². The maximum atomic E-state index is 11.3. The van der Waals surface area contributed by atoms with Crippen LogP contribution in [0.3, 0.4) is 0 Å². The molecule has 3 heterocycles. The molecule has 26 heavy (non-hydrogen) atoms. The first kappa shape index (κ1) is 17.4. The van der Waals surface area contributed by atoms with Gasteiger partial charge in [0.25, 0.3) is 0 Å². The third kappa shape index (κ3) is 3.09. The molecule has 0 bridgehead atoms. The van der Waals surface area contributed by atoms with Crippen LogP contribution in [0, 0.1) is 0 Å². The summed E-state index contributed by atoms with van der Waals surface area (Å²) in [4.78, 5) is 14.4. The van der Waals surface area contributed by atoms with Crippen LogP contribution in [0.1, 0.15) is 31.2 Å². The van der Waals surface area contributed by atoms with Gasteiger partial charge in [0.1, 0.15) is 6.23 Å². The van der Waals surface area contributed by atoms with Gasteiger partial charge in [0.05, 0.1) is 28.2 Å². The van der Waals surface area contributed by atoms with Crippen LogP contribution in [0.2, 0.25) is 10.0 Å². The maximum Gasteiger partial charge on any atom is 0.309 e. The summed E-state index contributed by atoms with van der Waals surface area (Å²) in [6.45, 7) is 0.727. The molecule has 0 spiro atoms. The molecule has 6 nitrogen and oxygen atoms in total. The lowest BCUT2D eigenvalue weighted by molar-refractivity contribution is -0.136. The molecule has 136 valence electrons. The molecule has 0 amide bonds. The van der Waals surface area contributed by atoms with Gasteiger partial charge in [-0.05, 0) is 25.3 Å². The van der Waals surface area contributed by atoms with Gasteiger partial charge in [-0.3, -0.25) is 4.79 Å². The summed E-state index contributed by atoms with van der Waals surface area (Å²) >= 11 is 12.4. The van der Waals surface area contributed by atoms with Gasteiger partial charge in [0, 0.05) is 35.0 Å². The average molecular weight is 394 g/mol. The first-order chi connectivity index (χ1) is 12.5. The van der Waals surface area contributed by atoms with E-state index in [0.717, 1.165) is 42.4 Å². The molecule has 0 saturated carbocycles. The normalized spacial score (nSPS) is 17.7. The van der Waals surface area contributed by atoms with Crippen LogP contribution in [0.4, 0.5) is 0 Å². The molecule has 2 aromatic heterocycles. The first-order valence-corrected chi connectivity index (χ1v) is 9.16. The van der Waals surface area contributed by atoms with Gasteiger partial charge in [0.2, 0.25) is 0 Å². The van der Waals surface area contributed by atoms with Crippen LogP contribution in [-0.2, 0) is 16.0 Å². The standard InChI is InChI=1S/C18H17Cl2N3O3/c19-12-5-4-11-16(13(7-15(24)25)22-18(11)17(12)20)10-8-21-23(9-10)14-3-1-2-6-26-14/h4-5,8-9,14,22H,1-3,6-7H2,(H,24,25). The van der Waals surface area contributed by atoms with E-state index in [4.69, 9.17) is 27.9 Å². The Balaban J connectivity index is 1.83. The number of nitrogens with one attached hydrogen (secondary N) is 1. The number of H-pyrrole nitrogens is 1. The van der Waals surface area contributed by atoms with Crippen molar-refractivity contribution in [2.75, 3.05) is 6.61 Å². The van der Waals surface area contributed by atoms with E-state index in [1.165, 1.54) is 0 Å². The van der Waals surface area contributed by atoms with Crippen LogP contribution in [0.5, 0.6) is 0 Å². The van der Waals surface area contributed by atoms with Gasteiger partial charge in [-0.15, -0.1) is 0 Å². The third-order valence-corrected chi connectivity index (χ3v) is 5.42. The summed E-state index contributed by atoms with van der Waals surface area (Å²) in [5.74, 6) is -0.928. The van der Waals surface area contributed by atoms with E-state index < -0.39 is 5.97 Å². The number of carbonyl (C=O) groups is 1. The number of aliphatic carboxylic acids is 1. The van der Waals surface area contributed by atoms with Crippen molar-refractivity contribution in [1.82, 2.24) is 14.8 Å². The zero-order chi connectivity index (χ0) is 18.3. The minimum Gasteiger partial charge on any atom is -0.481 e. The fraction of sp³-hybridized carbons (Fsp3) is 0.333. The molecule has 1 unspecified atom stereocenters. The molecule has 1 fully saturated rings. The number of rotatable bonds is 4. The number of benzene rings is 1. The Kier molecular flexibility index (Phi) is 4.65. The lowest BCUT2D eigenvalue weighted by Gasteiger charge is -2.22. The van der Waals surface area contributed by atoms with Gasteiger partial charge < -0.3 is 14.8 Å². The van der Waals surface area contributed by atoms with Crippen molar-refractivity contribution >= 4 is 40.1 Å². The topological polar surface area (TPSA) is 80.1 Å². The predicted molar refractivity (Wildman–Crippen MR) is 99.7 cm³/mol. The van der Waals surface area contributed by atoms with Crippen molar-refractivity contribution in [3.05, 3.63) is 40.3 Å². The number of hydrogen-bond donors (Lipinski definition) is 2. The van der Waals surface area contributed by atoms with Crippen LogP contribution in [0.15, 0.2) is 24.5 Å². The van der Waals surface area contributed by atoms with Crippen molar-refractivity contribution in [2.24, 2.45) is 0 Å². The van der Waals surface area contributed by atoms with Crippen LogP contribution in [0.25, 0.3) is 22.0 Å². The number of nitrogens with zero attached hydrogens (tertiary/aromatic N) is 2. The fourth-order valence-corrected chi connectivity index (χ4v) is 3.80. The van der Waals surface area contributed by atoms with Crippen molar-refractivity contribution in [3.8, 4) is 11.1 Å². The summed E-state index contributed by atoms with van der Waals surface area (Å²) in [6, 6.07) is 3.55. The largest absolute Gasteiger partial charge is 0.481 e. The fourth-order valence-electron chi connectivity index (χ4n) is 3.43. The molecule has 2 N–H and O–H groups in total. The smallest absolute Gasteiger partial charge is 0.309 e. The highest BCUT2D eigenvalue weighted by molar-refractivity contribution is 6.45. The molecule has 3 aromatic rings. The number of carboxylic acid groups (broad SMARTS) is 1. The highest BCUT2D eigenvalue weighted by Gasteiger charge is 2.22. The highest BCUT2D eigenvalue weighted by Crippen LogP contribution is 2.39. The van der Waals surface area contributed by atoms with E-state index in [1.54, 1.807) is 16.9 Å². The monoisotopic (exact) mass is 393 g/mol. The Morgan fingerprint density at radius 1 is 1.38 bits per heavy atom. The highest BCUT2D eigenvalue weighted by atomic mass is 35.5. The SMILES string of the molecule is O=C(O)Cc1[nH]c2c(Cl)c(Cl)ccc2c1-c1cnn(C2CCCCO2)c1. The summed E-state index contributed by atoms with van der Waals surface area (Å²) in [7, 11) is 0. The zero-order valence-electron chi connectivity index (χ0n) is 13.8. The molecule has 1 aliphatic heterocycles. The van der Waals surface area contributed by atoms with Crippen molar-refractivity contribution < 1.29 is 14.6 Å². The Morgan fingerprint density at radius 3 is 2.96 bits per heavy atom. The van der Waals surface area contributed by atoms with E-state index in [0.29, 0.717) is 21.3 Å². The van der Waals surface area contributed by atoms with Gasteiger partial charge >= 0.3 is 5.97 Å². The summed E-state index contributed by atoms with van der Waals surface area (Å²) in [5.41, 5.74) is 2.80. The number of aromatic nitrogens is 3. The summed E-state index contributed by atoms with van der Waals surface area (Å²) in [6.07, 6.45) is 6.48. The number of hydrogen-bond acceptors (Lipinski definition) is 3. The molecule has 0 aliphatic carbocycles. The second kappa shape index (κ2) is 6.95. The van der Waals surface area contributed by atoms with Gasteiger partial charge in [-0.2, -0.15) is 5.10 Å². The molecular weight excluding hydrogens is 377 g/mol. The van der Waals surface area contributed by atoms with E-state index in [9.17, 15) is 9.90 Å². The van der Waals surface area contributed by atoms with Crippen molar-refractivity contribution in [3.63, 3.8) is 0 Å². The minimum absolute atomic E-state index is 0.0799. The molecule has 1 atom stereocenters. The Morgan fingerprint density at radius 2 is 2.23 bits per heavy atom. The molecular formula is C18H17Cl2N3O3. The van der Waals surface area contributed by atoms with Crippen molar-refractivity contribution in [2.45, 2.75) is 31.9 Å². The number of carboxylic acids is 1. The maximum absolute atomic E-state index is 11.3. The van der Waals surface area contributed by atoms with Gasteiger partial charge in [0.15, 0.2) is 0 Å². The Labute approximate surface area is 159 Å². The van der Waals surface area contributed by atoms with E-state index in [-0.39, 0.29) is 12.6 Å². The second-order valence-corrected chi connectivity index (χ2v) is 7.15. The molecule has 0 radical (unpaired) electrons.